The highest BCUT2D eigenvalue weighted by Crippen LogP contribution is 2.33. The highest BCUT2D eigenvalue weighted by atomic mass is 35.5. The van der Waals surface area contributed by atoms with E-state index in [1.807, 2.05) is 0 Å². The number of aliphatic hydroxyl groups excluding tert-OH is 1. The molecule has 0 aliphatic heterocycles. The van der Waals surface area contributed by atoms with Crippen LogP contribution in [-0.2, 0) is 6.18 Å². The molecule has 0 amide bonds. The third-order valence-electron chi connectivity index (χ3n) is 2.09. The van der Waals surface area contributed by atoms with Gasteiger partial charge in [0.15, 0.2) is 0 Å². The fraction of sp³-hybridized carbons (Fsp3) is 0.400. The van der Waals surface area contributed by atoms with Gasteiger partial charge in [0.25, 0.3) is 0 Å². The van der Waals surface area contributed by atoms with E-state index >= 15 is 0 Å². The first kappa shape index (κ1) is 13.3. The highest BCUT2D eigenvalue weighted by Gasteiger charge is 2.31. The molecular formula is C10H11ClF3NO. The van der Waals surface area contributed by atoms with E-state index in [4.69, 9.17) is 17.3 Å². The minimum atomic E-state index is -4.49. The minimum absolute atomic E-state index is 0.0647. The molecule has 3 N–H and O–H groups in total. The molecule has 0 unspecified atom stereocenters. The first-order valence-electron chi connectivity index (χ1n) is 4.53. The van der Waals surface area contributed by atoms with Crippen molar-refractivity contribution in [3.63, 3.8) is 0 Å². The predicted octanol–water partition coefficient (Wildman–Crippen LogP) is 2.74. The van der Waals surface area contributed by atoms with Crippen molar-refractivity contribution in [2.75, 3.05) is 0 Å². The van der Waals surface area contributed by atoms with Crippen LogP contribution in [0.5, 0.6) is 0 Å². The summed E-state index contributed by atoms with van der Waals surface area (Å²) in [6, 6.07) is 2.25. The maximum absolute atomic E-state index is 12.4. The number of hydrogen-bond acceptors (Lipinski definition) is 2. The van der Waals surface area contributed by atoms with Crippen LogP contribution in [0.1, 0.15) is 24.2 Å². The molecule has 2 nitrogen and oxygen atoms in total. The van der Waals surface area contributed by atoms with Crippen molar-refractivity contribution in [3.8, 4) is 0 Å². The summed E-state index contributed by atoms with van der Waals surface area (Å²) in [4.78, 5) is 0. The molecule has 0 aliphatic rings. The molecule has 1 rings (SSSR count). The second-order valence-corrected chi connectivity index (χ2v) is 4.01. The maximum atomic E-state index is 12.4. The van der Waals surface area contributed by atoms with Gasteiger partial charge in [-0.3, -0.25) is 0 Å². The Balaban J connectivity index is 3.18. The second kappa shape index (κ2) is 4.61. The van der Waals surface area contributed by atoms with Crippen LogP contribution in [0.2, 0.25) is 5.02 Å². The van der Waals surface area contributed by atoms with Gasteiger partial charge in [0, 0.05) is 11.1 Å². The molecule has 0 heterocycles. The van der Waals surface area contributed by atoms with Gasteiger partial charge in [-0.15, -0.1) is 0 Å². The van der Waals surface area contributed by atoms with E-state index in [1.54, 1.807) is 0 Å². The normalized spacial score (nSPS) is 15.9. The van der Waals surface area contributed by atoms with Crippen molar-refractivity contribution >= 4 is 11.6 Å². The lowest BCUT2D eigenvalue weighted by molar-refractivity contribution is -0.137. The van der Waals surface area contributed by atoms with Crippen LogP contribution in [0.15, 0.2) is 18.2 Å². The molecule has 0 saturated heterocycles. The lowest BCUT2D eigenvalue weighted by Crippen LogP contribution is -2.24. The molecule has 0 aromatic heterocycles. The Kier molecular flexibility index (Phi) is 3.83. The van der Waals surface area contributed by atoms with Crippen LogP contribution >= 0.6 is 11.6 Å². The Hall–Kier alpha value is -0.780. The minimum Gasteiger partial charge on any atom is -0.387 e. The number of nitrogens with two attached hydrogens (primary N) is 1. The molecule has 0 aliphatic carbocycles. The van der Waals surface area contributed by atoms with Crippen LogP contribution < -0.4 is 5.73 Å². The number of rotatable bonds is 2. The van der Waals surface area contributed by atoms with Crippen LogP contribution in [0.25, 0.3) is 0 Å². The van der Waals surface area contributed by atoms with Gasteiger partial charge in [-0.2, -0.15) is 13.2 Å². The van der Waals surface area contributed by atoms with E-state index in [-0.39, 0.29) is 10.6 Å². The van der Waals surface area contributed by atoms with Crippen LogP contribution in [-0.4, -0.2) is 11.1 Å². The first-order chi connectivity index (χ1) is 7.21. The van der Waals surface area contributed by atoms with Crippen molar-refractivity contribution in [2.45, 2.75) is 25.2 Å². The van der Waals surface area contributed by atoms with E-state index in [1.165, 1.54) is 13.0 Å². The van der Waals surface area contributed by atoms with Gasteiger partial charge in [-0.1, -0.05) is 11.6 Å². The molecule has 6 heteroatoms. The quantitative estimate of drug-likeness (QED) is 0.851. The zero-order valence-corrected chi connectivity index (χ0v) is 9.18. The van der Waals surface area contributed by atoms with Crippen LogP contribution in [0.3, 0.4) is 0 Å². The third-order valence-corrected chi connectivity index (χ3v) is 2.31. The second-order valence-electron chi connectivity index (χ2n) is 3.57. The summed E-state index contributed by atoms with van der Waals surface area (Å²) in [5.41, 5.74) is 4.57. The summed E-state index contributed by atoms with van der Waals surface area (Å²) in [7, 11) is 0. The van der Waals surface area contributed by atoms with Gasteiger partial charge in [-0.25, -0.2) is 0 Å². The fourth-order valence-electron chi connectivity index (χ4n) is 1.25. The smallest absolute Gasteiger partial charge is 0.387 e. The molecule has 1 aromatic carbocycles. The topological polar surface area (TPSA) is 46.2 Å². The molecule has 0 spiro atoms. The molecule has 90 valence electrons. The summed E-state index contributed by atoms with van der Waals surface area (Å²) >= 11 is 5.55. The SMILES string of the molecule is C[C@H](N)[C@H](O)c1cc(Cl)cc(C(F)(F)F)c1. The fourth-order valence-corrected chi connectivity index (χ4v) is 1.49. The molecule has 0 bridgehead atoms. The summed E-state index contributed by atoms with van der Waals surface area (Å²) < 4.78 is 37.3. The van der Waals surface area contributed by atoms with Crippen LogP contribution in [0, 0.1) is 0 Å². The van der Waals surface area contributed by atoms with Crippen LogP contribution in [0.4, 0.5) is 13.2 Å². The Bertz CT molecular complexity index is 379. The number of aliphatic hydroxyl groups is 1. The number of alkyl halides is 3. The van der Waals surface area contributed by atoms with E-state index in [0.717, 1.165) is 12.1 Å². The maximum Gasteiger partial charge on any atom is 0.416 e. The third kappa shape index (κ3) is 3.10. The Morgan fingerprint density at radius 2 is 1.88 bits per heavy atom. The van der Waals surface area contributed by atoms with Gasteiger partial charge in [-0.05, 0) is 30.7 Å². The summed E-state index contributed by atoms with van der Waals surface area (Å²) in [5, 5.41) is 9.48. The molecule has 16 heavy (non-hydrogen) atoms. The van der Waals surface area contributed by atoms with Gasteiger partial charge in [0.2, 0.25) is 0 Å². The lowest BCUT2D eigenvalue weighted by Gasteiger charge is -2.17. The Labute approximate surface area is 95.8 Å². The van der Waals surface area contributed by atoms with E-state index < -0.39 is 23.9 Å². The zero-order valence-electron chi connectivity index (χ0n) is 8.42. The number of benzene rings is 1. The highest BCUT2D eigenvalue weighted by molar-refractivity contribution is 6.30. The molecule has 1 aromatic rings. The summed E-state index contributed by atoms with van der Waals surface area (Å²) in [5.74, 6) is 0. The average molecular weight is 254 g/mol. The number of halogens is 4. The Morgan fingerprint density at radius 3 is 2.31 bits per heavy atom. The van der Waals surface area contributed by atoms with Crippen molar-refractivity contribution < 1.29 is 18.3 Å². The lowest BCUT2D eigenvalue weighted by atomic mass is 10.0. The first-order valence-corrected chi connectivity index (χ1v) is 4.91. The van der Waals surface area contributed by atoms with Gasteiger partial charge < -0.3 is 10.8 Å². The summed E-state index contributed by atoms with van der Waals surface area (Å²) in [6.07, 6.45) is -5.66. The predicted molar refractivity (Wildman–Crippen MR) is 55.1 cm³/mol. The molecule has 0 radical (unpaired) electrons. The van der Waals surface area contributed by atoms with Gasteiger partial charge in [0.05, 0.1) is 11.7 Å². The molecular weight excluding hydrogens is 243 g/mol. The van der Waals surface area contributed by atoms with Crippen molar-refractivity contribution in [2.24, 2.45) is 5.73 Å². The average Bonchev–Trinajstić information content (AvgIpc) is 2.14. The monoisotopic (exact) mass is 253 g/mol. The zero-order chi connectivity index (χ0) is 12.5. The molecule has 0 fully saturated rings. The standard InChI is InChI=1S/C10H11ClF3NO/c1-5(15)9(16)6-2-7(10(12,13)14)4-8(11)3-6/h2-5,9,16H,15H2,1H3/t5-,9-/m0/s1. The van der Waals surface area contributed by atoms with Crippen molar-refractivity contribution in [3.05, 3.63) is 34.3 Å². The van der Waals surface area contributed by atoms with E-state index in [9.17, 15) is 18.3 Å². The molecule has 0 saturated carbocycles. The van der Waals surface area contributed by atoms with Crippen molar-refractivity contribution in [1.82, 2.24) is 0 Å². The van der Waals surface area contributed by atoms with E-state index in [0.29, 0.717) is 0 Å². The molecule has 2 atom stereocenters. The Morgan fingerprint density at radius 1 is 1.31 bits per heavy atom. The van der Waals surface area contributed by atoms with E-state index in [2.05, 4.69) is 0 Å². The van der Waals surface area contributed by atoms with Gasteiger partial charge in [0.1, 0.15) is 0 Å². The van der Waals surface area contributed by atoms with Gasteiger partial charge >= 0.3 is 6.18 Å². The van der Waals surface area contributed by atoms with Crippen molar-refractivity contribution in [1.29, 1.82) is 0 Å². The number of hydrogen-bond donors (Lipinski definition) is 2. The largest absolute Gasteiger partial charge is 0.416 e. The summed E-state index contributed by atoms with van der Waals surface area (Å²) in [6.45, 7) is 1.50.